The molecule has 0 bridgehead atoms. The van der Waals surface area contributed by atoms with Gasteiger partial charge in [0.15, 0.2) is 5.13 Å². The van der Waals surface area contributed by atoms with Gasteiger partial charge in [-0.1, -0.05) is 31.4 Å². The minimum Gasteiger partial charge on any atom is -0.480 e. The maximum absolute atomic E-state index is 14.2. The third-order valence-electron chi connectivity index (χ3n) is 8.97. The molecule has 2 aromatic rings. The molecule has 1 saturated carbocycles. The molecular formula is C29H42FN5O2S. The monoisotopic (exact) mass is 543 g/mol. The average Bonchev–Trinajstić information content (AvgIpc) is 3.59. The topological polar surface area (TPSA) is 71.9 Å². The number of hydrogen-bond acceptors (Lipinski definition) is 7. The predicted molar refractivity (Wildman–Crippen MR) is 150 cm³/mol. The molecule has 1 aliphatic carbocycles. The van der Waals surface area contributed by atoms with Gasteiger partial charge in [-0.3, -0.25) is 9.69 Å². The molecule has 3 atom stereocenters. The van der Waals surface area contributed by atoms with E-state index in [-0.39, 0.29) is 23.6 Å². The van der Waals surface area contributed by atoms with Crippen LogP contribution in [-0.4, -0.2) is 84.4 Å². The summed E-state index contributed by atoms with van der Waals surface area (Å²) in [6.07, 6.45) is 9.47. The summed E-state index contributed by atoms with van der Waals surface area (Å²) in [7, 11) is 1.98. The van der Waals surface area contributed by atoms with Crippen molar-refractivity contribution >= 4 is 22.4 Å². The summed E-state index contributed by atoms with van der Waals surface area (Å²) >= 11 is 1.68. The molecule has 2 aliphatic heterocycles. The normalized spacial score (nSPS) is 25.0. The van der Waals surface area contributed by atoms with Gasteiger partial charge in [-0.25, -0.2) is 9.37 Å². The molecule has 0 unspecified atom stereocenters. The number of likely N-dealkylation sites (tertiary alicyclic amines) is 2. The second-order valence-corrected chi connectivity index (χ2v) is 12.3. The lowest BCUT2D eigenvalue weighted by molar-refractivity contribution is -0.145. The van der Waals surface area contributed by atoms with Crippen molar-refractivity contribution in [1.29, 1.82) is 0 Å². The number of carboxylic acid groups (broad SMARTS) is 1. The predicted octanol–water partition coefficient (Wildman–Crippen LogP) is 4.48. The van der Waals surface area contributed by atoms with Gasteiger partial charge in [-0.05, 0) is 62.3 Å². The van der Waals surface area contributed by atoms with E-state index in [0.29, 0.717) is 12.6 Å². The molecule has 7 nitrogen and oxygen atoms in total. The number of hydrogen-bond donors (Lipinski definition) is 2. The van der Waals surface area contributed by atoms with Crippen molar-refractivity contribution in [3.8, 4) is 0 Å². The molecule has 5 rings (SSSR count). The lowest BCUT2D eigenvalue weighted by Crippen LogP contribution is -2.49. The summed E-state index contributed by atoms with van der Waals surface area (Å²) in [5.74, 6) is -0.262. The number of thiazole rings is 1. The van der Waals surface area contributed by atoms with E-state index in [0.717, 1.165) is 82.1 Å². The zero-order chi connectivity index (χ0) is 26.5. The summed E-state index contributed by atoms with van der Waals surface area (Å²) in [5, 5.41) is 16.7. The number of halogens is 1. The van der Waals surface area contributed by atoms with Gasteiger partial charge in [-0.15, -0.1) is 11.3 Å². The van der Waals surface area contributed by atoms with Crippen LogP contribution < -0.4 is 10.2 Å². The van der Waals surface area contributed by atoms with Crippen LogP contribution in [0.1, 0.15) is 56.4 Å². The number of nitrogens with zero attached hydrogens (tertiary/aromatic N) is 4. The van der Waals surface area contributed by atoms with Crippen LogP contribution in [0.4, 0.5) is 9.52 Å². The highest BCUT2D eigenvalue weighted by Gasteiger charge is 2.43. The van der Waals surface area contributed by atoms with Crippen LogP contribution in [0.15, 0.2) is 35.8 Å². The minimum atomic E-state index is -0.692. The maximum atomic E-state index is 14.2. The van der Waals surface area contributed by atoms with Gasteiger partial charge in [0.05, 0.1) is 6.67 Å². The molecule has 0 spiro atoms. The summed E-state index contributed by atoms with van der Waals surface area (Å²) in [5.41, 5.74) is 1.00. The van der Waals surface area contributed by atoms with Crippen molar-refractivity contribution in [3.05, 3.63) is 47.2 Å². The number of rotatable bonds is 10. The van der Waals surface area contributed by atoms with Gasteiger partial charge >= 0.3 is 5.97 Å². The Morgan fingerprint density at radius 2 is 2.00 bits per heavy atom. The molecule has 38 heavy (non-hydrogen) atoms. The van der Waals surface area contributed by atoms with Crippen LogP contribution in [0.3, 0.4) is 0 Å². The van der Waals surface area contributed by atoms with Gasteiger partial charge in [0.25, 0.3) is 0 Å². The molecule has 3 aliphatic rings. The number of nitrogens with one attached hydrogen (secondary N) is 1. The van der Waals surface area contributed by atoms with Crippen molar-refractivity contribution in [3.63, 3.8) is 0 Å². The van der Waals surface area contributed by atoms with Crippen molar-refractivity contribution in [2.24, 2.45) is 11.8 Å². The van der Waals surface area contributed by atoms with Crippen LogP contribution in [0, 0.1) is 17.7 Å². The number of piperidine rings is 1. The number of benzene rings is 1. The Labute approximate surface area is 230 Å². The first-order valence-electron chi connectivity index (χ1n) is 14.3. The number of carbonyl (C=O) groups is 1. The fourth-order valence-electron chi connectivity index (χ4n) is 7.16. The lowest BCUT2D eigenvalue weighted by Gasteiger charge is -2.39. The number of aliphatic carboxylic acids is 1. The van der Waals surface area contributed by atoms with Gasteiger partial charge in [0.2, 0.25) is 0 Å². The van der Waals surface area contributed by atoms with E-state index in [1.54, 1.807) is 23.5 Å². The van der Waals surface area contributed by atoms with Crippen LogP contribution in [0.25, 0.3) is 0 Å². The van der Waals surface area contributed by atoms with E-state index in [1.165, 1.54) is 12.5 Å². The summed E-state index contributed by atoms with van der Waals surface area (Å²) in [6, 6.07) is 6.99. The van der Waals surface area contributed by atoms with Gasteiger partial charge in [-0.2, -0.15) is 0 Å². The number of anilines is 1. The Bertz CT molecular complexity index is 1030. The fraction of sp³-hybridized carbons (Fsp3) is 0.655. The second-order valence-electron chi connectivity index (χ2n) is 11.4. The average molecular weight is 544 g/mol. The standard InChI is InChI=1S/C29H42FN5O2S/c1-31-20-35(29-32-12-15-38-29)25-10-13-33(14-11-25)17-23-18-34(19-26(23)22-8-5-9-24(30)16-22)27(28(36)37)21-6-3-2-4-7-21/h5,8-9,12,15-16,21,23,25-27,31H,2-4,6-7,10-11,13-14,17-20H2,1H3,(H,36,37)/t23-,26+,27+/m0/s1. The molecule has 208 valence electrons. The highest BCUT2D eigenvalue weighted by molar-refractivity contribution is 7.13. The van der Waals surface area contributed by atoms with E-state index < -0.39 is 12.0 Å². The SMILES string of the molecule is CNCN(c1nccs1)C1CCN(C[C@H]2CN([C@@H](C(=O)O)C3CCCCC3)C[C@@H]2c2cccc(F)c2)CC1. The minimum absolute atomic E-state index is 0.143. The highest BCUT2D eigenvalue weighted by Crippen LogP contribution is 2.39. The lowest BCUT2D eigenvalue weighted by atomic mass is 9.83. The Kier molecular flexibility index (Phi) is 9.30. The Morgan fingerprint density at radius 3 is 2.66 bits per heavy atom. The first kappa shape index (κ1) is 27.5. The van der Waals surface area contributed by atoms with E-state index in [4.69, 9.17) is 0 Å². The van der Waals surface area contributed by atoms with E-state index in [9.17, 15) is 14.3 Å². The smallest absolute Gasteiger partial charge is 0.321 e. The van der Waals surface area contributed by atoms with Crippen LogP contribution in [0.5, 0.6) is 0 Å². The first-order chi connectivity index (χ1) is 18.5. The summed E-state index contributed by atoms with van der Waals surface area (Å²) in [6.45, 7) is 5.18. The number of aromatic nitrogens is 1. The van der Waals surface area contributed by atoms with Crippen molar-refractivity contribution in [2.75, 3.05) is 51.3 Å². The van der Waals surface area contributed by atoms with Crippen LogP contribution in [-0.2, 0) is 4.79 Å². The van der Waals surface area contributed by atoms with Crippen molar-refractivity contribution < 1.29 is 14.3 Å². The van der Waals surface area contributed by atoms with Crippen molar-refractivity contribution in [2.45, 2.75) is 62.9 Å². The Balaban J connectivity index is 1.28. The molecule has 2 N–H and O–H groups in total. The summed E-state index contributed by atoms with van der Waals surface area (Å²) in [4.78, 5) is 24.2. The highest BCUT2D eigenvalue weighted by atomic mass is 32.1. The third kappa shape index (κ3) is 6.38. The maximum Gasteiger partial charge on any atom is 0.321 e. The summed E-state index contributed by atoms with van der Waals surface area (Å²) < 4.78 is 14.2. The zero-order valence-corrected chi connectivity index (χ0v) is 23.3. The Hall–Kier alpha value is -2.07. The molecule has 0 radical (unpaired) electrons. The molecule has 1 aromatic carbocycles. The Morgan fingerprint density at radius 1 is 1.21 bits per heavy atom. The first-order valence-corrected chi connectivity index (χ1v) is 15.2. The number of carboxylic acids is 1. The largest absolute Gasteiger partial charge is 0.480 e. The third-order valence-corrected chi connectivity index (χ3v) is 9.78. The van der Waals surface area contributed by atoms with Crippen LogP contribution >= 0.6 is 11.3 Å². The zero-order valence-electron chi connectivity index (χ0n) is 22.5. The molecule has 3 fully saturated rings. The van der Waals surface area contributed by atoms with Gasteiger partial charge < -0.3 is 20.2 Å². The molecule has 2 saturated heterocycles. The molecule has 0 amide bonds. The molecule has 1 aromatic heterocycles. The molecule has 9 heteroatoms. The van der Waals surface area contributed by atoms with Gasteiger partial charge in [0.1, 0.15) is 11.9 Å². The van der Waals surface area contributed by atoms with Gasteiger partial charge in [0, 0.05) is 56.3 Å². The van der Waals surface area contributed by atoms with E-state index in [2.05, 4.69) is 25.0 Å². The molecular weight excluding hydrogens is 501 g/mol. The quantitative estimate of drug-likeness (QED) is 0.428. The van der Waals surface area contributed by atoms with E-state index >= 15 is 0 Å². The fourth-order valence-corrected chi connectivity index (χ4v) is 7.88. The van der Waals surface area contributed by atoms with Crippen LogP contribution in [0.2, 0.25) is 0 Å². The second kappa shape index (κ2) is 12.9. The molecule has 3 heterocycles. The van der Waals surface area contributed by atoms with Crippen molar-refractivity contribution in [1.82, 2.24) is 20.1 Å². The van der Waals surface area contributed by atoms with E-state index in [1.807, 2.05) is 24.7 Å².